The zero-order valence-electron chi connectivity index (χ0n) is 23.2. The first-order valence-electron chi connectivity index (χ1n) is 14.2. The summed E-state index contributed by atoms with van der Waals surface area (Å²) in [5.74, 6) is -0.272. The minimum Gasteiger partial charge on any atom is -0.342 e. The number of anilines is 2. The van der Waals surface area contributed by atoms with Gasteiger partial charge in [0.05, 0.1) is 10.8 Å². The highest BCUT2D eigenvalue weighted by molar-refractivity contribution is 7.89. The first-order chi connectivity index (χ1) is 19.1. The maximum absolute atomic E-state index is 13.2. The molecule has 0 radical (unpaired) electrons. The van der Waals surface area contributed by atoms with Gasteiger partial charge in [-0.25, -0.2) is 8.42 Å². The number of carbonyl (C=O) groups is 3. The largest absolute Gasteiger partial charge is 0.342 e. The van der Waals surface area contributed by atoms with Crippen LogP contribution in [0.3, 0.4) is 0 Å². The van der Waals surface area contributed by atoms with Gasteiger partial charge in [-0.1, -0.05) is 24.6 Å². The molecule has 0 saturated carbocycles. The van der Waals surface area contributed by atoms with E-state index in [1.54, 1.807) is 34.1 Å². The third-order valence-corrected chi connectivity index (χ3v) is 10.4. The van der Waals surface area contributed by atoms with Crippen molar-refractivity contribution >= 4 is 39.1 Å². The number of piperidine rings is 2. The Balaban J connectivity index is 1.11. The van der Waals surface area contributed by atoms with E-state index in [9.17, 15) is 22.8 Å². The summed E-state index contributed by atoms with van der Waals surface area (Å²) in [5.41, 5.74) is 2.48. The Morgan fingerprint density at radius 3 is 2.10 bits per heavy atom. The van der Waals surface area contributed by atoms with E-state index in [0.29, 0.717) is 57.2 Å². The van der Waals surface area contributed by atoms with E-state index >= 15 is 0 Å². The Bertz CT molecular complexity index is 1340. The molecule has 10 heteroatoms. The molecule has 2 aromatic carbocycles. The lowest BCUT2D eigenvalue weighted by Crippen LogP contribution is -2.44. The van der Waals surface area contributed by atoms with Crippen molar-refractivity contribution in [3.8, 4) is 0 Å². The zero-order chi connectivity index (χ0) is 28.4. The molecule has 9 nitrogen and oxygen atoms in total. The standard InChI is InChI=1S/C30H38N4O5S/c1-21-3-7-26(8-4-21)34-20-24(19-28(34)35)30(37)32-15-13-23(14-16-32)29(36)31-25-5-9-27(10-6-25)40(38,39)33-17-11-22(2)12-18-33/h3-10,22-24H,11-20H2,1-2H3,(H,31,36). The van der Waals surface area contributed by atoms with Crippen LogP contribution in [0.25, 0.3) is 0 Å². The number of benzene rings is 2. The van der Waals surface area contributed by atoms with Gasteiger partial charge in [-0.15, -0.1) is 0 Å². The number of nitrogens with zero attached hydrogens (tertiary/aromatic N) is 3. The number of carbonyl (C=O) groups excluding carboxylic acids is 3. The first kappa shape index (κ1) is 28.3. The van der Waals surface area contributed by atoms with Crippen LogP contribution in [0.1, 0.15) is 44.6 Å². The van der Waals surface area contributed by atoms with Crippen LogP contribution in [0, 0.1) is 24.7 Å². The molecule has 1 N–H and O–H groups in total. The Hall–Kier alpha value is -3.24. The number of amides is 3. The molecule has 214 valence electrons. The lowest BCUT2D eigenvalue weighted by Gasteiger charge is -2.33. The third-order valence-electron chi connectivity index (χ3n) is 8.50. The molecular formula is C30H38N4O5S. The van der Waals surface area contributed by atoms with Gasteiger partial charge in [-0.3, -0.25) is 14.4 Å². The smallest absolute Gasteiger partial charge is 0.243 e. The fourth-order valence-corrected chi connectivity index (χ4v) is 7.27. The molecule has 3 fully saturated rings. The molecule has 3 amide bonds. The van der Waals surface area contributed by atoms with Crippen LogP contribution in [0.2, 0.25) is 0 Å². The average molecular weight is 567 g/mol. The number of hydrogen-bond donors (Lipinski definition) is 1. The zero-order valence-corrected chi connectivity index (χ0v) is 24.0. The molecule has 2 aromatic rings. The van der Waals surface area contributed by atoms with Crippen LogP contribution in [0.5, 0.6) is 0 Å². The quantitative estimate of drug-likeness (QED) is 0.575. The highest BCUT2D eigenvalue weighted by atomic mass is 32.2. The highest BCUT2D eigenvalue weighted by Gasteiger charge is 2.38. The van der Waals surface area contributed by atoms with E-state index in [2.05, 4.69) is 12.2 Å². The molecular weight excluding hydrogens is 528 g/mol. The van der Waals surface area contributed by atoms with Gasteiger partial charge in [0.25, 0.3) is 0 Å². The lowest BCUT2D eigenvalue weighted by molar-refractivity contribution is -0.138. The summed E-state index contributed by atoms with van der Waals surface area (Å²) < 4.78 is 27.5. The Labute approximate surface area is 236 Å². The molecule has 0 spiro atoms. The van der Waals surface area contributed by atoms with Crippen molar-refractivity contribution in [1.29, 1.82) is 0 Å². The van der Waals surface area contributed by atoms with E-state index in [4.69, 9.17) is 0 Å². The minimum atomic E-state index is -3.54. The van der Waals surface area contributed by atoms with Crippen molar-refractivity contribution < 1.29 is 22.8 Å². The van der Waals surface area contributed by atoms with Gasteiger partial charge in [0.15, 0.2) is 0 Å². The number of rotatable bonds is 6. The number of sulfonamides is 1. The molecule has 5 rings (SSSR count). The van der Waals surface area contributed by atoms with Gasteiger partial charge in [-0.05, 0) is 74.9 Å². The summed E-state index contributed by atoms with van der Waals surface area (Å²) in [7, 11) is -3.54. The Morgan fingerprint density at radius 2 is 1.48 bits per heavy atom. The third kappa shape index (κ3) is 6.07. The van der Waals surface area contributed by atoms with Gasteiger partial charge in [-0.2, -0.15) is 4.31 Å². The summed E-state index contributed by atoms with van der Waals surface area (Å²) in [4.78, 5) is 42.4. The van der Waals surface area contributed by atoms with Gasteiger partial charge in [0.2, 0.25) is 27.7 Å². The lowest BCUT2D eigenvalue weighted by atomic mass is 9.94. The van der Waals surface area contributed by atoms with E-state index in [0.717, 1.165) is 24.1 Å². The molecule has 3 aliphatic rings. The molecule has 3 saturated heterocycles. The monoisotopic (exact) mass is 566 g/mol. The van der Waals surface area contributed by atoms with Gasteiger partial charge < -0.3 is 15.1 Å². The molecule has 0 aliphatic carbocycles. The minimum absolute atomic E-state index is 0.0261. The topological polar surface area (TPSA) is 107 Å². The number of nitrogens with one attached hydrogen (secondary N) is 1. The van der Waals surface area contributed by atoms with Crippen LogP contribution in [0.15, 0.2) is 53.4 Å². The summed E-state index contributed by atoms with van der Waals surface area (Å²) >= 11 is 0. The molecule has 1 unspecified atom stereocenters. The molecule has 40 heavy (non-hydrogen) atoms. The molecule has 3 heterocycles. The molecule has 0 bridgehead atoms. The Kier molecular flexibility index (Phi) is 8.28. The van der Waals surface area contributed by atoms with Gasteiger partial charge >= 0.3 is 0 Å². The number of aryl methyl sites for hydroxylation is 1. The summed E-state index contributed by atoms with van der Waals surface area (Å²) in [6, 6.07) is 14.1. The van der Waals surface area contributed by atoms with Gasteiger partial charge in [0, 0.05) is 56.4 Å². The fraction of sp³-hybridized carbons (Fsp3) is 0.500. The highest BCUT2D eigenvalue weighted by Crippen LogP contribution is 2.29. The maximum atomic E-state index is 13.2. The van der Waals surface area contributed by atoms with Crippen LogP contribution >= 0.6 is 0 Å². The van der Waals surface area contributed by atoms with Crippen LogP contribution < -0.4 is 10.2 Å². The predicted molar refractivity (Wildman–Crippen MR) is 153 cm³/mol. The maximum Gasteiger partial charge on any atom is 0.243 e. The summed E-state index contributed by atoms with van der Waals surface area (Å²) in [6.45, 7) is 6.52. The van der Waals surface area contributed by atoms with Crippen LogP contribution in [-0.4, -0.2) is 68.1 Å². The summed E-state index contributed by atoms with van der Waals surface area (Å²) in [6.07, 6.45) is 3.01. The Morgan fingerprint density at radius 1 is 0.850 bits per heavy atom. The van der Waals surface area contributed by atoms with Crippen molar-refractivity contribution in [2.75, 3.05) is 42.9 Å². The van der Waals surface area contributed by atoms with Crippen molar-refractivity contribution in [3.63, 3.8) is 0 Å². The number of likely N-dealkylation sites (tertiary alicyclic amines) is 1. The van der Waals surface area contributed by atoms with E-state index in [1.165, 1.54) is 4.31 Å². The van der Waals surface area contributed by atoms with Crippen LogP contribution in [0.4, 0.5) is 11.4 Å². The van der Waals surface area contributed by atoms with E-state index < -0.39 is 10.0 Å². The van der Waals surface area contributed by atoms with E-state index in [1.807, 2.05) is 31.2 Å². The molecule has 1 atom stereocenters. The van der Waals surface area contributed by atoms with E-state index in [-0.39, 0.29) is 40.9 Å². The van der Waals surface area contributed by atoms with Gasteiger partial charge in [0.1, 0.15) is 0 Å². The number of hydrogen-bond acceptors (Lipinski definition) is 5. The first-order valence-corrected chi connectivity index (χ1v) is 15.6. The van der Waals surface area contributed by atoms with Crippen LogP contribution in [-0.2, 0) is 24.4 Å². The average Bonchev–Trinajstić information content (AvgIpc) is 3.35. The summed E-state index contributed by atoms with van der Waals surface area (Å²) in [5, 5.41) is 2.91. The van der Waals surface area contributed by atoms with Crippen molar-refractivity contribution in [2.45, 2.75) is 50.8 Å². The van der Waals surface area contributed by atoms with Crippen molar-refractivity contribution in [1.82, 2.24) is 9.21 Å². The molecule has 0 aromatic heterocycles. The second-order valence-electron chi connectivity index (χ2n) is 11.4. The second kappa shape index (κ2) is 11.7. The SMILES string of the molecule is Cc1ccc(N2CC(C(=O)N3CCC(C(=O)Nc4ccc(S(=O)(=O)N5CCC(C)CC5)cc4)CC3)CC2=O)cc1. The second-order valence-corrected chi connectivity index (χ2v) is 13.4. The van der Waals surface area contributed by atoms with Crippen molar-refractivity contribution in [2.24, 2.45) is 17.8 Å². The predicted octanol–water partition coefficient (Wildman–Crippen LogP) is 3.65. The molecule has 3 aliphatic heterocycles. The fourth-order valence-electron chi connectivity index (χ4n) is 5.80. The van der Waals surface area contributed by atoms with Crippen molar-refractivity contribution in [3.05, 3.63) is 54.1 Å². The normalized spacial score (nSPS) is 21.6.